The van der Waals surface area contributed by atoms with E-state index in [0.29, 0.717) is 0 Å². The summed E-state index contributed by atoms with van der Waals surface area (Å²) in [7, 11) is 0. The van der Waals surface area contributed by atoms with Crippen LogP contribution in [-0.2, 0) is 6.42 Å². The third kappa shape index (κ3) is 2.96. The highest BCUT2D eigenvalue weighted by Gasteiger charge is 2.26. The molecule has 15 heavy (non-hydrogen) atoms. The van der Waals surface area contributed by atoms with Crippen LogP contribution in [-0.4, -0.2) is 11.7 Å². The first kappa shape index (κ1) is 12.5. The second-order valence-corrected chi connectivity index (χ2v) is 4.54. The molecule has 1 N–H and O–H groups in total. The van der Waals surface area contributed by atoms with Crippen LogP contribution >= 0.6 is 11.6 Å². The van der Waals surface area contributed by atoms with Gasteiger partial charge in [-0.3, -0.25) is 0 Å². The van der Waals surface area contributed by atoms with Gasteiger partial charge in [0.25, 0.3) is 0 Å². The zero-order valence-electron chi connectivity index (χ0n) is 9.46. The molecule has 1 aromatic carbocycles. The van der Waals surface area contributed by atoms with E-state index in [-0.39, 0.29) is 12.0 Å². The Bertz CT molecular complexity index is 297. The van der Waals surface area contributed by atoms with Crippen LogP contribution in [0.5, 0.6) is 0 Å². The van der Waals surface area contributed by atoms with Crippen LogP contribution < -0.4 is 0 Å². The van der Waals surface area contributed by atoms with E-state index in [1.165, 1.54) is 0 Å². The van der Waals surface area contributed by atoms with Gasteiger partial charge in [-0.25, -0.2) is 0 Å². The summed E-state index contributed by atoms with van der Waals surface area (Å²) in [4.78, 5) is 0. The van der Waals surface area contributed by atoms with Crippen molar-refractivity contribution in [3.63, 3.8) is 0 Å². The Morgan fingerprint density at radius 3 is 2.27 bits per heavy atom. The van der Waals surface area contributed by atoms with Crippen molar-refractivity contribution in [1.82, 2.24) is 0 Å². The molecule has 1 nitrogen and oxygen atoms in total. The van der Waals surface area contributed by atoms with E-state index in [1.54, 1.807) is 0 Å². The molecule has 1 aromatic rings. The molecule has 0 spiro atoms. The Hall–Kier alpha value is -0.530. The van der Waals surface area contributed by atoms with Crippen molar-refractivity contribution in [2.45, 2.75) is 33.1 Å². The lowest BCUT2D eigenvalue weighted by atomic mass is 9.78. The Balaban J connectivity index is 2.88. The fourth-order valence-electron chi connectivity index (χ4n) is 1.83. The lowest BCUT2D eigenvalue weighted by Crippen LogP contribution is -2.26. The maximum atomic E-state index is 9.49. The summed E-state index contributed by atoms with van der Waals surface area (Å²) < 4.78 is 0. The molecule has 84 valence electrons. The molecule has 0 bridgehead atoms. The largest absolute Gasteiger partial charge is 0.396 e. The summed E-state index contributed by atoms with van der Waals surface area (Å²) in [5, 5.41) is 10.3. The lowest BCUT2D eigenvalue weighted by molar-refractivity contribution is 0.115. The molecule has 0 saturated carbocycles. The summed E-state index contributed by atoms with van der Waals surface area (Å²) in [6, 6.07) is 7.88. The number of hydrogen-bond acceptors (Lipinski definition) is 1. The minimum absolute atomic E-state index is 0.00894. The Kier molecular flexibility index (Phi) is 4.62. The third-order valence-electron chi connectivity index (χ3n) is 3.36. The topological polar surface area (TPSA) is 20.2 Å². The van der Waals surface area contributed by atoms with Crippen LogP contribution in [0.1, 0.15) is 32.3 Å². The molecule has 0 saturated heterocycles. The average Bonchev–Trinajstić information content (AvgIpc) is 2.29. The molecule has 0 radical (unpaired) electrons. The van der Waals surface area contributed by atoms with Crippen molar-refractivity contribution >= 4 is 11.6 Å². The van der Waals surface area contributed by atoms with Crippen LogP contribution in [0, 0.1) is 5.41 Å². The molecule has 0 aromatic heterocycles. The maximum absolute atomic E-state index is 9.49. The predicted octanol–water partition coefficient (Wildman–Crippen LogP) is 3.68. The fourth-order valence-corrected chi connectivity index (χ4v) is 2.03. The molecule has 0 amide bonds. The standard InChI is InChI=1S/C13H19ClO/c1-3-13(4-2,10-15)9-11-7-5-6-8-12(11)14/h5-8,15H,3-4,9-10H2,1-2H3. The van der Waals surface area contributed by atoms with E-state index >= 15 is 0 Å². The van der Waals surface area contributed by atoms with Crippen molar-refractivity contribution in [2.75, 3.05) is 6.61 Å². The van der Waals surface area contributed by atoms with Crippen molar-refractivity contribution in [2.24, 2.45) is 5.41 Å². The molecular formula is C13H19ClO. The molecule has 0 unspecified atom stereocenters. The summed E-state index contributed by atoms with van der Waals surface area (Å²) >= 11 is 6.12. The Morgan fingerprint density at radius 1 is 1.20 bits per heavy atom. The minimum Gasteiger partial charge on any atom is -0.396 e. The van der Waals surface area contributed by atoms with Gasteiger partial charge < -0.3 is 5.11 Å². The first-order valence-corrected chi connectivity index (χ1v) is 5.89. The number of halogens is 1. The SMILES string of the molecule is CCC(CC)(CO)Cc1ccccc1Cl. The Morgan fingerprint density at radius 2 is 1.80 bits per heavy atom. The number of rotatable bonds is 5. The van der Waals surface area contributed by atoms with Crippen LogP contribution in [0.2, 0.25) is 5.02 Å². The van der Waals surface area contributed by atoms with E-state index in [4.69, 9.17) is 11.6 Å². The summed E-state index contributed by atoms with van der Waals surface area (Å²) in [5.74, 6) is 0. The molecule has 1 rings (SSSR count). The van der Waals surface area contributed by atoms with E-state index in [0.717, 1.165) is 29.8 Å². The van der Waals surface area contributed by atoms with Gasteiger partial charge >= 0.3 is 0 Å². The third-order valence-corrected chi connectivity index (χ3v) is 3.73. The summed E-state index contributed by atoms with van der Waals surface area (Å²) in [5.41, 5.74) is 1.13. The van der Waals surface area contributed by atoms with Gasteiger partial charge in [-0.1, -0.05) is 43.6 Å². The highest BCUT2D eigenvalue weighted by atomic mass is 35.5. The lowest BCUT2D eigenvalue weighted by Gasteiger charge is -2.29. The molecule has 0 aliphatic rings. The van der Waals surface area contributed by atoms with Crippen LogP contribution in [0.25, 0.3) is 0 Å². The molecule has 2 heteroatoms. The number of aliphatic hydroxyl groups excluding tert-OH is 1. The van der Waals surface area contributed by atoms with Gasteiger partial charge in [0.05, 0.1) is 0 Å². The maximum Gasteiger partial charge on any atom is 0.0490 e. The first-order valence-electron chi connectivity index (χ1n) is 5.51. The van der Waals surface area contributed by atoms with Gasteiger partial charge in [-0.05, 0) is 36.3 Å². The quantitative estimate of drug-likeness (QED) is 0.812. The molecular weight excluding hydrogens is 208 g/mol. The van der Waals surface area contributed by atoms with E-state index < -0.39 is 0 Å². The van der Waals surface area contributed by atoms with Crippen molar-refractivity contribution < 1.29 is 5.11 Å². The number of hydrogen-bond donors (Lipinski definition) is 1. The van der Waals surface area contributed by atoms with E-state index in [9.17, 15) is 5.11 Å². The van der Waals surface area contributed by atoms with Crippen molar-refractivity contribution in [1.29, 1.82) is 0 Å². The van der Waals surface area contributed by atoms with E-state index in [1.807, 2.05) is 24.3 Å². The van der Waals surface area contributed by atoms with Gasteiger partial charge in [0.2, 0.25) is 0 Å². The zero-order chi connectivity index (χ0) is 11.3. The van der Waals surface area contributed by atoms with Gasteiger partial charge in [-0.15, -0.1) is 0 Å². The smallest absolute Gasteiger partial charge is 0.0490 e. The molecule has 0 fully saturated rings. The van der Waals surface area contributed by atoms with Crippen molar-refractivity contribution in [3.05, 3.63) is 34.9 Å². The van der Waals surface area contributed by atoms with Gasteiger partial charge in [0.1, 0.15) is 0 Å². The zero-order valence-corrected chi connectivity index (χ0v) is 10.2. The van der Waals surface area contributed by atoms with Gasteiger partial charge in [-0.2, -0.15) is 0 Å². The first-order chi connectivity index (χ1) is 7.17. The Labute approximate surface area is 97.1 Å². The van der Waals surface area contributed by atoms with Gasteiger partial charge in [0, 0.05) is 11.6 Å². The summed E-state index contributed by atoms with van der Waals surface area (Å²) in [6.07, 6.45) is 2.81. The minimum atomic E-state index is -0.00894. The monoisotopic (exact) mass is 226 g/mol. The summed E-state index contributed by atoms with van der Waals surface area (Å²) in [6.45, 7) is 4.47. The highest BCUT2D eigenvalue weighted by molar-refractivity contribution is 6.31. The van der Waals surface area contributed by atoms with Gasteiger partial charge in [0.15, 0.2) is 0 Å². The highest BCUT2D eigenvalue weighted by Crippen LogP contribution is 2.32. The van der Waals surface area contributed by atoms with Crippen molar-refractivity contribution in [3.8, 4) is 0 Å². The van der Waals surface area contributed by atoms with Crippen LogP contribution in [0.3, 0.4) is 0 Å². The molecule has 0 aliphatic heterocycles. The number of benzene rings is 1. The second-order valence-electron chi connectivity index (χ2n) is 4.13. The van der Waals surface area contributed by atoms with Crippen LogP contribution in [0.15, 0.2) is 24.3 Å². The fraction of sp³-hybridized carbons (Fsp3) is 0.538. The predicted molar refractivity (Wildman–Crippen MR) is 65.3 cm³/mol. The van der Waals surface area contributed by atoms with Crippen LogP contribution in [0.4, 0.5) is 0 Å². The number of aliphatic hydroxyl groups is 1. The molecule has 0 aliphatic carbocycles. The average molecular weight is 227 g/mol. The van der Waals surface area contributed by atoms with E-state index in [2.05, 4.69) is 13.8 Å². The molecule has 0 heterocycles. The second kappa shape index (κ2) is 5.53. The normalized spacial score (nSPS) is 11.7. The molecule has 0 atom stereocenters.